The van der Waals surface area contributed by atoms with Crippen LogP contribution in [0.1, 0.15) is 0 Å². The van der Waals surface area contributed by atoms with E-state index in [1.807, 2.05) is 0 Å². The highest BCUT2D eigenvalue weighted by Gasteiger charge is 2.96. The van der Waals surface area contributed by atoms with Crippen LogP contribution in [0.15, 0.2) is 87.5 Å². The van der Waals surface area contributed by atoms with Crippen LogP contribution in [0.3, 0.4) is 0 Å². The Bertz CT molecular complexity index is 1770. The highest BCUT2D eigenvalue weighted by atomic mass is 32.3. The second kappa shape index (κ2) is 14.0. The molecule has 0 atom stereocenters. The van der Waals surface area contributed by atoms with Gasteiger partial charge in [0.2, 0.25) is 0 Å². The molecule has 0 aromatic heterocycles. The van der Waals surface area contributed by atoms with E-state index in [0.29, 0.717) is 0 Å². The van der Waals surface area contributed by atoms with Gasteiger partial charge in [0.1, 0.15) is 17.2 Å². The molecule has 0 aliphatic rings. The topological polar surface area (TPSA) is 71.1 Å². The monoisotopic (exact) mass is 852 g/mol. The predicted molar refractivity (Wildman–Crippen MR) is 152 cm³/mol. The number of hydrogen-bond acceptors (Lipinski definition) is 6. The van der Waals surface area contributed by atoms with E-state index in [-0.39, 0.29) is 17.2 Å². The molecule has 0 aliphatic heterocycles. The molecule has 0 unspecified atom stereocenters. The van der Waals surface area contributed by atoms with Crippen molar-refractivity contribution >= 4 is 20.4 Å². The molecule has 304 valence electrons. The van der Waals surface area contributed by atoms with E-state index in [4.69, 9.17) is 14.2 Å². The summed E-state index contributed by atoms with van der Waals surface area (Å²) in [7, 11) is -9.42. The van der Waals surface area contributed by atoms with Crippen LogP contribution in [0.5, 0.6) is 17.2 Å². The Kier molecular flexibility index (Phi) is 11.6. The molecule has 0 heterocycles. The first-order valence-corrected chi connectivity index (χ1v) is 16.7. The largest absolute Gasteiger partial charge is 0.497 e. The van der Waals surface area contributed by atoms with Gasteiger partial charge >= 0.3 is 57.1 Å². The minimum Gasteiger partial charge on any atom is -0.497 e. The minimum atomic E-state index is -9.01. The zero-order chi connectivity index (χ0) is 41.8. The van der Waals surface area contributed by atoms with E-state index >= 15 is 17.6 Å². The lowest BCUT2D eigenvalue weighted by Gasteiger charge is -2.43. The van der Waals surface area contributed by atoms with Crippen LogP contribution in [0.25, 0.3) is 0 Å². The predicted octanol–water partition coefficient (Wildman–Crippen LogP) is 10.2. The molecule has 0 fully saturated rings. The van der Waals surface area contributed by atoms with Crippen LogP contribution in [-0.2, 0) is 13.7 Å². The molecular weight excluding hydrogens is 831 g/mol. The second-order valence-electron chi connectivity index (χ2n) is 10.6. The number of rotatable bonds is 15. The highest BCUT2D eigenvalue weighted by molar-refractivity contribution is 8.33. The van der Waals surface area contributed by atoms with E-state index in [2.05, 4.69) is 3.63 Å². The van der Waals surface area contributed by atoms with Crippen molar-refractivity contribution in [2.45, 2.75) is 61.7 Å². The first kappa shape index (κ1) is 44.5. The van der Waals surface area contributed by atoms with Crippen molar-refractivity contribution in [1.29, 1.82) is 0 Å². The van der Waals surface area contributed by atoms with Gasteiger partial charge in [-0.2, -0.15) is 83.1 Å². The third kappa shape index (κ3) is 6.51. The van der Waals surface area contributed by atoms with E-state index in [0.717, 1.165) is 94.1 Å². The Morgan fingerprint density at radius 1 is 0.389 bits per heavy atom. The number of hydrogen-bond donors (Lipinski definition) is 0. The van der Waals surface area contributed by atoms with E-state index in [1.54, 1.807) is 0 Å². The average Bonchev–Trinajstić information content (AvgIpc) is 3.09. The average molecular weight is 853 g/mol. The summed E-state index contributed by atoms with van der Waals surface area (Å²) < 4.78 is 285. The standard InChI is InChI=1S/C29H21F17O6S2/c1-49-16-4-10-19(11-5-16)53(20-12-6-17(50-2)7-13-20,21-14-8-18(51-3)9-15-21)52-54(47,48)29(45,46)27(40,41)25(36,37)23(32,33)22(30,31)24(34,35)26(38,39)28(42,43)44/h4-15H,1-3H3. The smallest absolute Gasteiger partial charge is 0.460 e. The lowest BCUT2D eigenvalue weighted by Crippen LogP contribution is -2.75. The van der Waals surface area contributed by atoms with Gasteiger partial charge in [-0.05, 0) is 83.1 Å². The molecule has 0 saturated carbocycles. The fraction of sp³-hybridized carbons (Fsp3) is 0.379. The zero-order valence-electron chi connectivity index (χ0n) is 26.6. The van der Waals surface area contributed by atoms with Crippen LogP contribution < -0.4 is 14.2 Å². The van der Waals surface area contributed by atoms with Gasteiger partial charge in [-0.1, -0.05) is 0 Å². The summed E-state index contributed by atoms with van der Waals surface area (Å²) >= 11 is 0. The molecule has 0 amide bonds. The zero-order valence-corrected chi connectivity index (χ0v) is 28.3. The number of alkyl halides is 17. The Labute approximate surface area is 294 Å². The summed E-state index contributed by atoms with van der Waals surface area (Å²) in [6.07, 6.45) is -7.95. The van der Waals surface area contributed by atoms with Gasteiger partial charge in [0.05, 0.1) is 21.3 Å². The van der Waals surface area contributed by atoms with E-state index in [1.165, 1.54) is 0 Å². The molecule has 0 radical (unpaired) electrons. The maximum atomic E-state index is 15.5. The fourth-order valence-electron chi connectivity index (χ4n) is 4.31. The van der Waals surface area contributed by atoms with Gasteiger partial charge in [-0.25, -0.2) is 3.63 Å². The Morgan fingerprint density at radius 2 is 0.630 bits per heavy atom. The third-order valence-corrected chi connectivity index (χ3v) is 12.6. The molecule has 6 nitrogen and oxygen atoms in total. The van der Waals surface area contributed by atoms with Crippen molar-refractivity contribution in [1.82, 2.24) is 0 Å². The molecule has 3 aromatic rings. The van der Waals surface area contributed by atoms with Crippen LogP contribution in [0, 0.1) is 0 Å². The Balaban J connectivity index is 2.37. The SMILES string of the molecule is COc1ccc(S(OS(=O)(=O)C(F)(F)C(F)(F)C(F)(F)C(F)(F)C(F)(F)C(F)(F)C(F)(F)C(F)(F)F)(c2ccc(OC)cc2)c2ccc(OC)cc2)cc1. The molecule has 0 bridgehead atoms. The summed E-state index contributed by atoms with van der Waals surface area (Å²) in [6.45, 7) is 0. The van der Waals surface area contributed by atoms with Crippen LogP contribution in [0.4, 0.5) is 74.6 Å². The van der Waals surface area contributed by atoms with E-state index < -0.39 is 82.1 Å². The molecule has 0 aliphatic carbocycles. The molecular formula is C29H21F17O6S2. The third-order valence-electron chi connectivity index (χ3n) is 7.37. The first-order valence-electron chi connectivity index (χ1n) is 13.7. The van der Waals surface area contributed by atoms with Gasteiger partial charge in [-0.15, -0.1) is 0 Å². The second-order valence-corrected chi connectivity index (χ2v) is 15.1. The summed E-state index contributed by atoms with van der Waals surface area (Å²) in [5.41, 5.74) is 0. The van der Waals surface area contributed by atoms with Crippen molar-refractivity contribution in [3.8, 4) is 17.2 Å². The van der Waals surface area contributed by atoms with Crippen molar-refractivity contribution in [2.24, 2.45) is 0 Å². The quantitative estimate of drug-likeness (QED) is 0.142. The molecule has 0 saturated heterocycles. The van der Waals surface area contributed by atoms with Gasteiger partial charge in [-0.3, -0.25) is 0 Å². The van der Waals surface area contributed by atoms with Crippen LogP contribution >= 0.6 is 10.3 Å². The van der Waals surface area contributed by atoms with Crippen LogP contribution in [0.2, 0.25) is 0 Å². The summed E-state index contributed by atoms with van der Waals surface area (Å²) in [6, 6.07) is 11.2. The maximum absolute atomic E-state index is 15.5. The van der Waals surface area contributed by atoms with Crippen molar-refractivity contribution in [3.63, 3.8) is 0 Å². The number of halogens is 17. The molecule has 3 rings (SSSR count). The van der Waals surface area contributed by atoms with Gasteiger partial charge in [0.15, 0.2) is 0 Å². The molecule has 25 heteroatoms. The lowest BCUT2D eigenvalue weighted by molar-refractivity contribution is -0.458. The Hall–Kier alpha value is -3.87. The molecule has 0 N–H and O–H groups in total. The van der Waals surface area contributed by atoms with Crippen molar-refractivity contribution < 1.29 is 101 Å². The summed E-state index contributed by atoms with van der Waals surface area (Å²) in [4.78, 5) is -1.84. The summed E-state index contributed by atoms with van der Waals surface area (Å²) in [5, 5.41) is -7.94. The number of ether oxygens (including phenoxy) is 3. The molecule has 54 heavy (non-hydrogen) atoms. The summed E-state index contributed by atoms with van der Waals surface area (Å²) in [5.74, 6) is -52.8. The van der Waals surface area contributed by atoms with Gasteiger partial charge < -0.3 is 14.2 Å². The van der Waals surface area contributed by atoms with Gasteiger partial charge in [0, 0.05) is 14.7 Å². The van der Waals surface area contributed by atoms with Gasteiger partial charge in [0.25, 0.3) is 0 Å². The number of benzene rings is 3. The Morgan fingerprint density at radius 3 is 0.870 bits per heavy atom. The van der Waals surface area contributed by atoms with Crippen molar-refractivity contribution in [3.05, 3.63) is 72.8 Å². The normalized spacial score (nSPS) is 14.8. The fourth-order valence-corrected chi connectivity index (χ4v) is 9.49. The minimum absolute atomic E-state index is 0.0491. The van der Waals surface area contributed by atoms with E-state index in [9.17, 15) is 65.5 Å². The first-order chi connectivity index (χ1) is 24.3. The molecule has 3 aromatic carbocycles. The van der Waals surface area contributed by atoms with Crippen LogP contribution in [-0.4, -0.2) is 76.7 Å². The number of methoxy groups -OCH3 is 3. The van der Waals surface area contributed by atoms with Crippen molar-refractivity contribution in [2.75, 3.05) is 21.3 Å². The highest BCUT2D eigenvalue weighted by Crippen LogP contribution is 2.72. The maximum Gasteiger partial charge on any atom is 0.460 e. The lowest BCUT2D eigenvalue weighted by atomic mass is 9.91. The molecule has 0 spiro atoms.